The number of para-hydroxylation sites is 1. The maximum absolute atomic E-state index is 11.9. The normalized spacial score (nSPS) is 15.1. The first-order valence-corrected chi connectivity index (χ1v) is 7.88. The Kier molecular flexibility index (Phi) is 5.44. The minimum absolute atomic E-state index is 0.0371. The molecule has 0 aliphatic heterocycles. The molecule has 4 nitrogen and oxygen atoms in total. The molecule has 0 bridgehead atoms. The van der Waals surface area contributed by atoms with Crippen molar-refractivity contribution in [2.45, 2.75) is 20.0 Å². The van der Waals surface area contributed by atoms with Crippen molar-refractivity contribution in [1.29, 1.82) is 0 Å². The molecule has 6 heteroatoms. The van der Waals surface area contributed by atoms with Crippen LogP contribution in [0.5, 0.6) is 0 Å². The molecular formula is C12H18ClNO3S. The number of alkyl halides is 1. The summed E-state index contributed by atoms with van der Waals surface area (Å²) in [4.78, 5) is 0. The summed E-state index contributed by atoms with van der Waals surface area (Å²) in [7, 11) is -3.45. The highest BCUT2D eigenvalue weighted by atomic mass is 35.5. The second-order valence-corrected chi connectivity index (χ2v) is 6.48. The van der Waals surface area contributed by atoms with Gasteiger partial charge in [-0.25, -0.2) is 8.42 Å². The number of benzene rings is 1. The van der Waals surface area contributed by atoms with Crippen LogP contribution in [0.2, 0.25) is 0 Å². The molecule has 0 saturated carbocycles. The molecule has 2 N–H and O–H groups in total. The van der Waals surface area contributed by atoms with Gasteiger partial charge >= 0.3 is 0 Å². The third-order valence-corrected chi connectivity index (χ3v) is 4.51. The van der Waals surface area contributed by atoms with Crippen LogP contribution in [0.15, 0.2) is 24.3 Å². The molecule has 0 amide bonds. The van der Waals surface area contributed by atoms with Gasteiger partial charge in [0.05, 0.1) is 17.5 Å². The first-order valence-electron chi connectivity index (χ1n) is 5.69. The van der Waals surface area contributed by atoms with Gasteiger partial charge in [0.25, 0.3) is 0 Å². The van der Waals surface area contributed by atoms with Crippen molar-refractivity contribution in [1.82, 2.24) is 0 Å². The SMILES string of the molecule is CC(CCl)CS(=O)(=O)Nc1ccccc1C(C)O. The van der Waals surface area contributed by atoms with Crippen molar-refractivity contribution >= 4 is 27.3 Å². The average molecular weight is 292 g/mol. The third kappa shape index (κ3) is 4.48. The van der Waals surface area contributed by atoms with Gasteiger partial charge in [-0.2, -0.15) is 0 Å². The van der Waals surface area contributed by atoms with Crippen LogP contribution in [0.25, 0.3) is 0 Å². The van der Waals surface area contributed by atoms with E-state index >= 15 is 0 Å². The van der Waals surface area contributed by atoms with E-state index in [4.69, 9.17) is 11.6 Å². The minimum Gasteiger partial charge on any atom is -0.389 e. The van der Waals surface area contributed by atoms with Gasteiger partial charge in [-0.05, 0) is 18.9 Å². The van der Waals surface area contributed by atoms with Crippen LogP contribution in [0.1, 0.15) is 25.5 Å². The molecule has 0 heterocycles. The van der Waals surface area contributed by atoms with E-state index in [1.165, 1.54) is 0 Å². The molecule has 0 radical (unpaired) electrons. The molecule has 0 aliphatic rings. The Morgan fingerprint density at radius 2 is 1.94 bits per heavy atom. The lowest BCUT2D eigenvalue weighted by atomic mass is 10.1. The fraction of sp³-hybridized carbons (Fsp3) is 0.500. The molecule has 1 rings (SSSR count). The lowest BCUT2D eigenvalue weighted by molar-refractivity contribution is 0.200. The number of halogens is 1. The summed E-state index contributed by atoms with van der Waals surface area (Å²) in [6.07, 6.45) is -0.727. The van der Waals surface area contributed by atoms with E-state index in [2.05, 4.69) is 4.72 Å². The fourth-order valence-electron chi connectivity index (χ4n) is 1.58. The summed E-state index contributed by atoms with van der Waals surface area (Å²) < 4.78 is 26.3. The predicted octanol–water partition coefficient (Wildman–Crippen LogP) is 2.36. The van der Waals surface area contributed by atoms with Gasteiger partial charge in [-0.1, -0.05) is 25.1 Å². The van der Waals surface area contributed by atoms with Crippen LogP contribution in [0.4, 0.5) is 5.69 Å². The van der Waals surface area contributed by atoms with Gasteiger partial charge in [0.2, 0.25) is 10.0 Å². The molecule has 0 fully saturated rings. The minimum atomic E-state index is -3.45. The Morgan fingerprint density at radius 3 is 2.50 bits per heavy atom. The number of sulfonamides is 1. The second kappa shape index (κ2) is 6.41. The molecule has 1 aromatic carbocycles. The van der Waals surface area contributed by atoms with Crippen molar-refractivity contribution in [2.24, 2.45) is 5.92 Å². The quantitative estimate of drug-likeness (QED) is 0.791. The van der Waals surface area contributed by atoms with E-state index in [1.807, 2.05) is 0 Å². The van der Waals surface area contributed by atoms with E-state index in [1.54, 1.807) is 38.1 Å². The van der Waals surface area contributed by atoms with E-state index in [9.17, 15) is 13.5 Å². The Labute approximate surface area is 113 Å². The van der Waals surface area contributed by atoms with E-state index in [0.29, 0.717) is 17.1 Å². The summed E-state index contributed by atoms with van der Waals surface area (Å²) in [5.41, 5.74) is 0.967. The smallest absolute Gasteiger partial charge is 0.233 e. The highest BCUT2D eigenvalue weighted by Crippen LogP contribution is 2.23. The Bertz CT molecular complexity index is 488. The van der Waals surface area contributed by atoms with E-state index < -0.39 is 16.1 Å². The van der Waals surface area contributed by atoms with Crippen molar-refractivity contribution in [3.05, 3.63) is 29.8 Å². The number of nitrogens with one attached hydrogen (secondary N) is 1. The Morgan fingerprint density at radius 1 is 1.33 bits per heavy atom. The fourth-order valence-corrected chi connectivity index (χ4v) is 3.29. The summed E-state index contributed by atoms with van der Waals surface area (Å²) in [6.45, 7) is 3.36. The van der Waals surface area contributed by atoms with Gasteiger partial charge in [-0.3, -0.25) is 4.72 Å². The molecule has 0 aromatic heterocycles. The van der Waals surface area contributed by atoms with Gasteiger partial charge in [0.15, 0.2) is 0 Å². The highest BCUT2D eigenvalue weighted by molar-refractivity contribution is 7.92. The summed E-state index contributed by atoms with van der Waals surface area (Å²) in [6, 6.07) is 6.79. The molecule has 1 aromatic rings. The van der Waals surface area contributed by atoms with Gasteiger partial charge in [0, 0.05) is 11.4 Å². The summed E-state index contributed by atoms with van der Waals surface area (Å²) >= 11 is 5.61. The van der Waals surface area contributed by atoms with Crippen LogP contribution in [-0.2, 0) is 10.0 Å². The first-order chi connectivity index (χ1) is 8.35. The van der Waals surface area contributed by atoms with Crippen molar-refractivity contribution in [2.75, 3.05) is 16.4 Å². The lowest BCUT2D eigenvalue weighted by Gasteiger charge is -2.15. The number of hydrogen-bond acceptors (Lipinski definition) is 3. The molecule has 2 atom stereocenters. The number of anilines is 1. The lowest BCUT2D eigenvalue weighted by Crippen LogP contribution is -2.22. The number of hydrogen-bond donors (Lipinski definition) is 2. The van der Waals surface area contributed by atoms with Gasteiger partial charge < -0.3 is 5.11 Å². The van der Waals surface area contributed by atoms with Crippen LogP contribution >= 0.6 is 11.6 Å². The van der Waals surface area contributed by atoms with Crippen LogP contribution in [0.3, 0.4) is 0 Å². The van der Waals surface area contributed by atoms with Crippen molar-refractivity contribution in [3.63, 3.8) is 0 Å². The van der Waals surface area contributed by atoms with Crippen LogP contribution in [0, 0.1) is 5.92 Å². The number of rotatable bonds is 6. The average Bonchev–Trinajstić information content (AvgIpc) is 2.28. The van der Waals surface area contributed by atoms with Gasteiger partial charge in [0.1, 0.15) is 0 Å². The topological polar surface area (TPSA) is 66.4 Å². The molecular weight excluding hydrogens is 274 g/mol. The molecule has 102 valence electrons. The van der Waals surface area contributed by atoms with E-state index in [0.717, 1.165) is 0 Å². The second-order valence-electron chi connectivity index (χ2n) is 4.41. The molecule has 0 saturated heterocycles. The zero-order valence-electron chi connectivity index (χ0n) is 10.4. The van der Waals surface area contributed by atoms with Gasteiger partial charge in [-0.15, -0.1) is 11.6 Å². The zero-order valence-corrected chi connectivity index (χ0v) is 12.0. The van der Waals surface area contributed by atoms with Crippen LogP contribution in [-0.4, -0.2) is 25.2 Å². The standard InChI is InChI=1S/C12H18ClNO3S/c1-9(7-13)8-18(16,17)14-12-6-4-3-5-11(12)10(2)15/h3-6,9-10,14-15H,7-8H2,1-2H3. The zero-order chi connectivity index (χ0) is 13.8. The predicted molar refractivity (Wildman–Crippen MR) is 74.4 cm³/mol. The third-order valence-electron chi connectivity index (χ3n) is 2.44. The largest absolute Gasteiger partial charge is 0.389 e. The number of aliphatic hydroxyl groups excluding tert-OH is 1. The first kappa shape index (κ1) is 15.3. The summed E-state index contributed by atoms with van der Waals surface area (Å²) in [5, 5.41) is 9.57. The van der Waals surface area contributed by atoms with E-state index in [-0.39, 0.29) is 11.7 Å². The van der Waals surface area contributed by atoms with Crippen molar-refractivity contribution < 1.29 is 13.5 Å². The highest BCUT2D eigenvalue weighted by Gasteiger charge is 2.17. The summed E-state index contributed by atoms with van der Waals surface area (Å²) in [5.74, 6) is 0.131. The molecule has 18 heavy (non-hydrogen) atoms. The number of aliphatic hydroxyl groups is 1. The molecule has 0 spiro atoms. The maximum Gasteiger partial charge on any atom is 0.233 e. The Hall–Kier alpha value is -0.780. The maximum atomic E-state index is 11.9. The van der Waals surface area contributed by atoms with Crippen LogP contribution < -0.4 is 4.72 Å². The van der Waals surface area contributed by atoms with Crippen molar-refractivity contribution in [3.8, 4) is 0 Å². The molecule has 2 unspecified atom stereocenters. The monoisotopic (exact) mass is 291 g/mol. The molecule has 0 aliphatic carbocycles. The Balaban J connectivity index is 2.91.